The van der Waals surface area contributed by atoms with Crippen molar-refractivity contribution in [3.63, 3.8) is 0 Å². The Bertz CT molecular complexity index is 1110. The number of piperidine rings is 1. The Kier molecular flexibility index (Phi) is 6.75. The van der Waals surface area contributed by atoms with Crippen molar-refractivity contribution >= 4 is 16.8 Å². The second-order valence-electron chi connectivity index (χ2n) is 9.12. The van der Waals surface area contributed by atoms with Gasteiger partial charge in [-0.25, -0.2) is 0 Å². The van der Waals surface area contributed by atoms with Crippen molar-refractivity contribution in [1.29, 1.82) is 0 Å². The maximum Gasteiger partial charge on any atom is 0.245 e. The molecule has 0 N–H and O–H groups in total. The second-order valence-corrected chi connectivity index (χ2v) is 9.12. The third-order valence-corrected chi connectivity index (χ3v) is 6.58. The van der Waals surface area contributed by atoms with E-state index in [1.165, 1.54) is 33.8 Å². The fourth-order valence-electron chi connectivity index (χ4n) is 4.86. The fraction of sp³-hybridized carbons (Fsp3) is 0.407. The number of rotatable bonds is 7. The van der Waals surface area contributed by atoms with Crippen molar-refractivity contribution in [1.82, 2.24) is 19.6 Å². The molecule has 2 heterocycles. The van der Waals surface area contributed by atoms with E-state index in [-0.39, 0.29) is 5.91 Å². The fourth-order valence-corrected chi connectivity index (χ4v) is 4.86. The first-order valence-electron chi connectivity index (χ1n) is 11.6. The molecule has 1 aliphatic rings. The van der Waals surface area contributed by atoms with Gasteiger partial charge in [0, 0.05) is 36.6 Å². The van der Waals surface area contributed by atoms with Crippen molar-refractivity contribution in [2.75, 3.05) is 33.7 Å². The number of hydrogen-bond acceptors (Lipinski definition) is 3. The van der Waals surface area contributed by atoms with Crippen LogP contribution in [0.4, 0.5) is 0 Å². The van der Waals surface area contributed by atoms with Gasteiger partial charge in [0.2, 0.25) is 5.91 Å². The van der Waals surface area contributed by atoms with Gasteiger partial charge in [-0.15, -0.1) is 0 Å². The minimum absolute atomic E-state index is 0.0377. The van der Waals surface area contributed by atoms with Crippen LogP contribution in [0, 0.1) is 6.92 Å². The molecule has 0 aliphatic carbocycles. The molecule has 4 rings (SSSR count). The molecule has 0 atom stereocenters. The largest absolute Gasteiger partial charge is 0.339 e. The van der Waals surface area contributed by atoms with Crippen LogP contribution in [-0.4, -0.2) is 59.2 Å². The number of carbonyl (C=O) groups excluding carboxylic acids is 1. The highest BCUT2D eigenvalue weighted by atomic mass is 16.2. The van der Waals surface area contributed by atoms with Crippen LogP contribution in [-0.2, 0) is 11.3 Å². The van der Waals surface area contributed by atoms with E-state index in [2.05, 4.69) is 79.6 Å². The van der Waals surface area contributed by atoms with Gasteiger partial charge >= 0.3 is 0 Å². The summed E-state index contributed by atoms with van der Waals surface area (Å²) in [6.45, 7) is 9.30. The minimum atomic E-state index is 0.0377. The third kappa shape index (κ3) is 4.63. The van der Waals surface area contributed by atoms with Crippen molar-refractivity contribution in [3.05, 3.63) is 66.4 Å². The molecule has 1 aliphatic heterocycles. The number of amides is 1. The molecule has 0 radical (unpaired) electrons. The molecule has 0 bridgehead atoms. The number of carbonyl (C=O) groups is 1. The zero-order valence-corrected chi connectivity index (χ0v) is 19.6. The maximum atomic E-state index is 12.0. The zero-order chi connectivity index (χ0) is 22.7. The molecule has 5 heteroatoms. The Morgan fingerprint density at radius 3 is 2.62 bits per heavy atom. The van der Waals surface area contributed by atoms with Crippen LogP contribution in [0.1, 0.15) is 36.4 Å². The molecule has 0 spiro atoms. The van der Waals surface area contributed by atoms with E-state index in [0.717, 1.165) is 51.0 Å². The summed E-state index contributed by atoms with van der Waals surface area (Å²) in [4.78, 5) is 16.2. The molecule has 1 saturated heterocycles. The lowest BCUT2D eigenvalue weighted by molar-refractivity contribution is -0.127. The lowest BCUT2D eigenvalue weighted by Crippen LogP contribution is -2.37. The summed E-state index contributed by atoms with van der Waals surface area (Å²) in [6, 6.07) is 15.2. The van der Waals surface area contributed by atoms with Gasteiger partial charge in [0.05, 0.1) is 5.52 Å². The minimum Gasteiger partial charge on any atom is -0.339 e. The highest BCUT2D eigenvalue weighted by molar-refractivity contribution is 5.88. The summed E-state index contributed by atoms with van der Waals surface area (Å²) in [6.07, 6.45) is 4.42. The van der Waals surface area contributed by atoms with Gasteiger partial charge in [0.1, 0.15) is 0 Å². The topological polar surface area (TPSA) is 41.4 Å². The van der Waals surface area contributed by atoms with Gasteiger partial charge in [0.15, 0.2) is 0 Å². The molecule has 0 saturated carbocycles. The van der Waals surface area contributed by atoms with E-state index in [4.69, 9.17) is 5.10 Å². The molecule has 1 aromatic heterocycles. The first-order valence-corrected chi connectivity index (χ1v) is 11.6. The van der Waals surface area contributed by atoms with Crippen LogP contribution in [0.15, 0.2) is 55.1 Å². The standard InChI is InChI=1S/C27H34N4O/c1-5-26(32)30-17-13-21(14-18-30)27-24-12-11-22(23-10-7-6-9-20(23)2)19-25(24)28-31(27)16-8-15-29(3)4/h5-7,9-12,19,21H,1,8,13-18H2,2-4H3. The normalized spacial score (nSPS) is 14.9. The Morgan fingerprint density at radius 2 is 1.94 bits per heavy atom. The lowest BCUT2D eigenvalue weighted by atomic mass is 9.90. The summed E-state index contributed by atoms with van der Waals surface area (Å²) < 4.78 is 2.24. The van der Waals surface area contributed by atoms with Crippen LogP contribution < -0.4 is 0 Å². The smallest absolute Gasteiger partial charge is 0.245 e. The summed E-state index contributed by atoms with van der Waals surface area (Å²) in [5.74, 6) is 0.452. The molecule has 3 aromatic rings. The zero-order valence-electron chi connectivity index (χ0n) is 19.6. The van der Waals surface area contributed by atoms with Crippen LogP contribution in [0.25, 0.3) is 22.0 Å². The Balaban J connectivity index is 1.68. The van der Waals surface area contributed by atoms with Gasteiger partial charge < -0.3 is 9.80 Å². The number of aromatic nitrogens is 2. The van der Waals surface area contributed by atoms with Crippen molar-refractivity contribution in [2.24, 2.45) is 0 Å². The maximum absolute atomic E-state index is 12.0. The molecular weight excluding hydrogens is 396 g/mol. The number of fused-ring (bicyclic) bond motifs is 1. The summed E-state index contributed by atoms with van der Waals surface area (Å²) >= 11 is 0. The van der Waals surface area contributed by atoms with Crippen LogP contribution in [0.3, 0.4) is 0 Å². The van der Waals surface area contributed by atoms with E-state index in [0.29, 0.717) is 5.92 Å². The molecule has 32 heavy (non-hydrogen) atoms. The van der Waals surface area contributed by atoms with E-state index >= 15 is 0 Å². The summed E-state index contributed by atoms with van der Waals surface area (Å²) in [7, 11) is 4.22. The number of nitrogens with zero attached hydrogens (tertiary/aromatic N) is 4. The Hall–Kier alpha value is -2.92. The highest BCUT2D eigenvalue weighted by Gasteiger charge is 2.27. The Morgan fingerprint density at radius 1 is 1.19 bits per heavy atom. The van der Waals surface area contributed by atoms with Crippen molar-refractivity contribution in [2.45, 2.75) is 38.6 Å². The molecule has 5 nitrogen and oxygen atoms in total. The summed E-state index contributed by atoms with van der Waals surface area (Å²) in [5.41, 5.74) is 6.15. The van der Waals surface area contributed by atoms with Gasteiger partial charge in [-0.3, -0.25) is 9.48 Å². The van der Waals surface area contributed by atoms with E-state index in [1.54, 1.807) is 0 Å². The first-order chi connectivity index (χ1) is 15.5. The number of likely N-dealkylation sites (tertiary alicyclic amines) is 1. The number of aryl methyl sites for hydroxylation is 2. The van der Waals surface area contributed by atoms with Crippen molar-refractivity contribution in [3.8, 4) is 11.1 Å². The first kappa shape index (κ1) is 22.3. The van der Waals surface area contributed by atoms with Gasteiger partial charge in [-0.1, -0.05) is 43.0 Å². The predicted octanol–water partition coefficient (Wildman–Crippen LogP) is 4.86. The summed E-state index contributed by atoms with van der Waals surface area (Å²) in [5, 5.41) is 6.32. The average Bonchev–Trinajstić information content (AvgIpc) is 3.16. The van der Waals surface area contributed by atoms with Gasteiger partial charge in [0.25, 0.3) is 0 Å². The van der Waals surface area contributed by atoms with Gasteiger partial charge in [-0.05, 0) is 75.7 Å². The molecule has 0 unspecified atom stereocenters. The molecule has 1 amide bonds. The average molecular weight is 431 g/mol. The Labute approximate surface area is 191 Å². The highest BCUT2D eigenvalue weighted by Crippen LogP contribution is 2.35. The number of hydrogen-bond donors (Lipinski definition) is 0. The van der Waals surface area contributed by atoms with E-state index in [1.807, 2.05) is 4.90 Å². The van der Waals surface area contributed by atoms with Gasteiger partial charge in [-0.2, -0.15) is 5.10 Å². The predicted molar refractivity (Wildman–Crippen MR) is 132 cm³/mol. The molecular formula is C27H34N4O. The van der Waals surface area contributed by atoms with Crippen LogP contribution in [0.2, 0.25) is 0 Å². The molecule has 2 aromatic carbocycles. The monoisotopic (exact) mass is 430 g/mol. The number of benzene rings is 2. The van der Waals surface area contributed by atoms with Crippen LogP contribution in [0.5, 0.6) is 0 Å². The molecule has 1 fully saturated rings. The van der Waals surface area contributed by atoms with Crippen LogP contribution >= 0.6 is 0 Å². The quantitative estimate of drug-likeness (QED) is 0.503. The SMILES string of the molecule is C=CC(=O)N1CCC(c2c3ccc(-c4ccccc4C)cc3nn2CCCN(C)C)CC1. The van der Waals surface area contributed by atoms with Crippen molar-refractivity contribution < 1.29 is 4.79 Å². The third-order valence-electron chi connectivity index (χ3n) is 6.58. The van der Waals surface area contributed by atoms with E-state index < -0.39 is 0 Å². The second kappa shape index (κ2) is 9.70. The van der Waals surface area contributed by atoms with E-state index in [9.17, 15) is 4.79 Å². The molecule has 168 valence electrons. The lowest BCUT2D eigenvalue weighted by Gasteiger charge is -2.32.